The van der Waals surface area contributed by atoms with E-state index in [1.807, 2.05) is 13.8 Å². The molecule has 23 heavy (non-hydrogen) atoms. The van der Waals surface area contributed by atoms with Gasteiger partial charge in [0.1, 0.15) is 11.0 Å². The molecule has 1 N–H and O–H groups in total. The molecular formula is C17H25N3O3. The summed E-state index contributed by atoms with van der Waals surface area (Å²) >= 11 is 0. The molecule has 0 spiro atoms. The lowest BCUT2D eigenvalue weighted by atomic mass is 9.93. The number of carbonyl (C=O) groups excluding carboxylic acids is 1. The fourth-order valence-corrected chi connectivity index (χ4v) is 2.00. The highest BCUT2D eigenvalue weighted by atomic mass is 16.6. The standard InChI is InChI=1S/C17H25N3O3/c1-16(2,3)8-9-22-17(4,5)11-18-15(21)12-6-7-13-14(10-12)20-23-19-13/h6-7,10H,8-9,11H2,1-5H3,(H,18,21). The summed E-state index contributed by atoms with van der Waals surface area (Å²) in [6, 6.07) is 5.08. The van der Waals surface area contributed by atoms with Crippen LogP contribution in [0.15, 0.2) is 22.8 Å². The fourth-order valence-electron chi connectivity index (χ4n) is 2.00. The highest BCUT2D eigenvalue weighted by Crippen LogP contribution is 2.20. The molecule has 0 aliphatic rings. The Morgan fingerprint density at radius 2 is 1.87 bits per heavy atom. The number of rotatable bonds is 6. The van der Waals surface area contributed by atoms with Crippen molar-refractivity contribution in [3.05, 3.63) is 23.8 Å². The largest absolute Gasteiger partial charge is 0.374 e. The SMILES string of the molecule is CC(C)(C)CCOC(C)(C)CNC(=O)c1ccc2nonc2c1. The maximum absolute atomic E-state index is 12.2. The van der Waals surface area contributed by atoms with E-state index in [1.54, 1.807) is 18.2 Å². The van der Waals surface area contributed by atoms with Crippen LogP contribution >= 0.6 is 0 Å². The quantitative estimate of drug-likeness (QED) is 0.885. The van der Waals surface area contributed by atoms with E-state index in [1.165, 1.54) is 0 Å². The molecule has 1 aromatic carbocycles. The Kier molecular flexibility index (Phi) is 5.04. The molecule has 1 aromatic heterocycles. The first-order valence-corrected chi connectivity index (χ1v) is 7.81. The summed E-state index contributed by atoms with van der Waals surface area (Å²) in [6.07, 6.45) is 0.972. The number of ether oxygens (including phenoxy) is 1. The second-order valence-electron chi connectivity index (χ2n) is 7.57. The Bertz CT molecular complexity index is 671. The van der Waals surface area contributed by atoms with Crippen LogP contribution in [0.5, 0.6) is 0 Å². The molecule has 0 unspecified atom stereocenters. The third kappa shape index (κ3) is 5.32. The first-order chi connectivity index (χ1) is 10.7. The number of benzene rings is 1. The lowest BCUT2D eigenvalue weighted by molar-refractivity contribution is -0.0254. The van der Waals surface area contributed by atoms with Gasteiger partial charge in [-0.3, -0.25) is 4.79 Å². The molecule has 0 radical (unpaired) electrons. The van der Waals surface area contributed by atoms with Crippen LogP contribution in [0, 0.1) is 5.41 Å². The van der Waals surface area contributed by atoms with Gasteiger partial charge in [0.2, 0.25) is 0 Å². The van der Waals surface area contributed by atoms with Gasteiger partial charge in [0.25, 0.3) is 5.91 Å². The Morgan fingerprint density at radius 3 is 2.57 bits per heavy atom. The molecule has 2 aromatic rings. The number of nitrogens with zero attached hydrogens (tertiary/aromatic N) is 2. The number of aromatic nitrogens is 2. The number of nitrogens with one attached hydrogen (secondary N) is 1. The molecule has 1 amide bonds. The highest BCUT2D eigenvalue weighted by Gasteiger charge is 2.21. The first kappa shape index (κ1) is 17.4. The van der Waals surface area contributed by atoms with Crippen molar-refractivity contribution in [1.82, 2.24) is 15.6 Å². The van der Waals surface area contributed by atoms with Crippen molar-refractivity contribution in [2.24, 2.45) is 5.41 Å². The van der Waals surface area contributed by atoms with Crippen molar-refractivity contribution < 1.29 is 14.2 Å². The normalized spacial score (nSPS) is 12.6. The molecule has 0 saturated heterocycles. The van der Waals surface area contributed by atoms with Gasteiger partial charge in [-0.15, -0.1) is 0 Å². The van der Waals surface area contributed by atoms with Crippen LogP contribution in [0.25, 0.3) is 11.0 Å². The maximum atomic E-state index is 12.2. The number of hydrogen-bond acceptors (Lipinski definition) is 5. The van der Waals surface area contributed by atoms with Crippen LogP contribution in [0.1, 0.15) is 51.4 Å². The zero-order chi connectivity index (χ0) is 17.1. The van der Waals surface area contributed by atoms with Gasteiger partial charge in [-0.1, -0.05) is 20.8 Å². The monoisotopic (exact) mass is 319 g/mol. The van der Waals surface area contributed by atoms with Gasteiger partial charge < -0.3 is 10.1 Å². The predicted octanol–water partition coefficient (Wildman–Crippen LogP) is 3.18. The van der Waals surface area contributed by atoms with E-state index >= 15 is 0 Å². The first-order valence-electron chi connectivity index (χ1n) is 7.81. The molecule has 1 heterocycles. The van der Waals surface area contributed by atoms with Crippen LogP contribution < -0.4 is 5.32 Å². The summed E-state index contributed by atoms with van der Waals surface area (Å²) in [5.74, 6) is -0.164. The Balaban J connectivity index is 1.87. The van der Waals surface area contributed by atoms with Crippen molar-refractivity contribution in [2.75, 3.05) is 13.2 Å². The zero-order valence-corrected chi connectivity index (χ0v) is 14.5. The second kappa shape index (κ2) is 6.66. The average Bonchev–Trinajstić information content (AvgIpc) is 2.90. The van der Waals surface area contributed by atoms with Crippen molar-refractivity contribution in [2.45, 2.75) is 46.6 Å². The van der Waals surface area contributed by atoms with Gasteiger partial charge in [-0.05, 0) is 54.2 Å². The van der Waals surface area contributed by atoms with E-state index in [-0.39, 0.29) is 11.3 Å². The molecular weight excluding hydrogens is 294 g/mol. The Hall–Kier alpha value is -1.95. The van der Waals surface area contributed by atoms with Gasteiger partial charge in [0.05, 0.1) is 5.60 Å². The van der Waals surface area contributed by atoms with Crippen molar-refractivity contribution in [3.63, 3.8) is 0 Å². The van der Waals surface area contributed by atoms with Crippen molar-refractivity contribution >= 4 is 16.9 Å². The number of carbonyl (C=O) groups is 1. The molecule has 6 nitrogen and oxygen atoms in total. The summed E-state index contributed by atoms with van der Waals surface area (Å²) in [4.78, 5) is 12.2. The predicted molar refractivity (Wildman–Crippen MR) is 88.2 cm³/mol. The van der Waals surface area contributed by atoms with Crippen LogP contribution in [0.4, 0.5) is 0 Å². The minimum absolute atomic E-state index is 0.164. The molecule has 0 bridgehead atoms. The van der Waals surface area contributed by atoms with Crippen LogP contribution in [-0.4, -0.2) is 35.0 Å². The maximum Gasteiger partial charge on any atom is 0.251 e. The van der Waals surface area contributed by atoms with Gasteiger partial charge in [0.15, 0.2) is 0 Å². The number of amides is 1. The number of hydrogen-bond donors (Lipinski definition) is 1. The molecule has 0 atom stereocenters. The Morgan fingerprint density at radius 1 is 1.17 bits per heavy atom. The lowest BCUT2D eigenvalue weighted by Gasteiger charge is -2.28. The molecule has 0 saturated carbocycles. The van der Waals surface area contributed by atoms with E-state index in [4.69, 9.17) is 4.74 Å². The molecule has 0 fully saturated rings. The summed E-state index contributed by atoms with van der Waals surface area (Å²) in [5, 5.41) is 10.4. The Labute approximate surface area is 136 Å². The lowest BCUT2D eigenvalue weighted by Crippen LogP contribution is -2.41. The highest BCUT2D eigenvalue weighted by molar-refractivity contribution is 5.97. The number of fused-ring (bicyclic) bond motifs is 1. The van der Waals surface area contributed by atoms with Crippen LogP contribution in [0.3, 0.4) is 0 Å². The van der Waals surface area contributed by atoms with E-state index in [0.29, 0.717) is 29.7 Å². The van der Waals surface area contributed by atoms with Crippen molar-refractivity contribution in [3.8, 4) is 0 Å². The van der Waals surface area contributed by atoms with E-state index in [2.05, 4.69) is 41.0 Å². The second-order valence-corrected chi connectivity index (χ2v) is 7.57. The minimum Gasteiger partial charge on any atom is -0.374 e. The van der Waals surface area contributed by atoms with Gasteiger partial charge >= 0.3 is 0 Å². The molecule has 126 valence electrons. The summed E-state index contributed by atoms with van der Waals surface area (Å²) in [7, 11) is 0. The average molecular weight is 319 g/mol. The molecule has 0 aliphatic heterocycles. The van der Waals surface area contributed by atoms with Gasteiger partial charge in [-0.25, -0.2) is 4.63 Å². The van der Waals surface area contributed by atoms with E-state index in [9.17, 15) is 4.79 Å². The molecule has 2 rings (SSSR count). The van der Waals surface area contributed by atoms with Gasteiger partial charge in [-0.2, -0.15) is 0 Å². The smallest absolute Gasteiger partial charge is 0.251 e. The summed E-state index contributed by atoms with van der Waals surface area (Å²) in [5.41, 5.74) is 1.55. The van der Waals surface area contributed by atoms with Crippen LogP contribution in [-0.2, 0) is 4.74 Å². The fraction of sp³-hybridized carbons (Fsp3) is 0.588. The van der Waals surface area contributed by atoms with Gasteiger partial charge in [0, 0.05) is 18.7 Å². The zero-order valence-electron chi connectivity index (χ0n) is 14.5. The summed E-state index contributed by atoms with van der Waals surface area (Å²) in [6.45, 7) is 11.6. The van der Waals surface area contributed by atoms with Crippen molar-refractivity contribution in [1.29, 1.82) is 0 Å². The third-order valence-corrected chi connectivity index (χ3v) is 3.54. The molecule has 6 heteroatoms. The summed E-state index contributed by atoms with van der Waals surface area (Å²) < 4.78 is 10.5. The van der Waals surface area contributed by atoms with E-state index in [0.717, 1.165) is 6.42 Å². The molecule has 0 aliphatic carbocycles. The third-order valence-electron chi connectivity index (χ3n) is 3.54. The van der Waals surface area contributed by atoms with Crippen LogP contribution in [0.2, 0.25) is 0 Å². The van der Waals surface area contributed by atoms with E-state index < -0.39 is 5.60 Å². The topological polar surface area (TPSA) is 77.2 Å². The minimum atomic E-state index is -0.416.